The number of benzene rings is 1. The Morgan fingerprint density at radius 1 is 1.33 bits per heavy atom. The fraction of sp³-hybridized carbons (Fsp3) is 0.529. The molecule has 1 saturated heterocycles. The molecule has 5 nitrogen and oxygen atoms in total. The van der Waals surface area contributed by atoms with Crippen LogP contribution in [0.4, 0.5) is 13.6 Å². The number of carboxylic acids is 1. The summed E-state index contributed by atoms with van der Waals surface area (Å²) in [6, 6.07) is 2.22. The van der Waals surface area contributed by atoms with Gasteiger partial charge in [-0.1, -0.05) is 19.9 Å². The Bertz CT molecular complexity index is 622. The minimum Gasteiger partial charge on any atom is -0.481 e. The number of carbonyl (C=O) groups excluding carboxylic acids is 1. The molecule has 1 aliphatic heterocycles. The Kier molecular flexibility index (Phi) is 5.75. The van der Waals surface area contributed by atoms with Crippen molar-refractivity contribution in [2.75, 3.05) is 13.1 Å². The second kappa shape index (κ2) is 7.59. The van der Waals surface area contributed by atoms with Crippen LogP contribution < -0.4 is 5.32 Å². The summed E-state index contributed by atoms with van der Waals surface area (Å²) in [7, 11) is 0. The minimum absolute atomic E-state index is 0.117. The highest BCUT2D eigenvalue weighted by Crippen LogP contribution is 2.26. The van der Waals surface area contributed by atoms with E-state index in [2.05, 4.69) is 5.32 Å². The summed E-state index contributed by atoms with van der Waals surface area (Å²) in [5, 5.41) is 11.9. The van der Waals surface area contributed by atoms with Crippen molar-refractivity contribution in [1.82, 2.24) is 10.2 Å². The number of hydrogen-bond donors (Lipinski definition) is 2. The van der Waals surface area contributed by atoms with Gasteiger partial charge in [0.2, 0.25) is 0 Å². The summed E-state index contributed by atoms with van der Waals surface area (Å²) in [5.41, 5.74) is 0.214. The van der Waals surface area contributed by atoms with Crippen molar-refractivity contribution in [1.29, 1.82) is 0 Å². The maximum atomic E-state index is 14.0. The van der Waals surface area contributed by atoms with Gasteiger partial charge in [-0.25, -0.2) is 13.6 Å². The van der Waals surface area contributed by atoms with Gasteiger partial charge in [0.05, 0.1) is 12.0 Å². The van der Waals surface area contributed by atoms with Crippen LogP contribution in [-0.2, 0) is 4.79 Å². The third-order valence-electron chi connectivity index (χ3n) is 4.30. The molecule has 24 heavy (non-hydrogen) atoms. The molecule has 1 aromatic rings. The zero-order chi connectivity index (χ0) is 17.9. The summed E-state index contributed by atoms with van der Waals surface area (Å²) in [6.45, 7) is 4.25. The van der Waals surface area contributed by atoms with Crippen LogP contribution in [0.3, 0.4) is 0 Å². The monoisotopic (exact) mass is 340 g/mol. The Morgan fingerprint density at radius 3 is 2.62 bits per heavy atom. The van der Waals surface area contributed by atoms with E-state index in [1.807, 2.05) is 13.8 Å². The van der Waals surface area contributed by atoms with Crippen molar-refractivity contribution in [3.8, 4) is 0 Å². The zero-order valence-corrected chi connectivity index (χ0v) is 13.8. The van der Waals surface area contributed by atoms with E-state index in [0.717, 1.165) is 12.1 Å². The fourth-order valence-electron chi connectivity index (χ4n) is 2.94. The molecule has 0 bridgehead atoms. The number of rotatable bonds is 4. The van der Waals surface area contributed by atoms with Gasteiger partial charge in [0, 0.05) is 24.7 Å². The zero-order valence-electron chi connectivity index (χ0n) is 13.8. The highest BCUT2D eigenvalue weighted by atomic mass is 19.1. The number of likely N-dealkylation sites (tertiary alicyclic amines) is 1. The van der Waals surface area contributed by atoms with Crippen LogP contribution in [0.1, 0.15) is 38.3 Å². The van der Waals surface area contributed by atoms with E-state index in [0.29, 0.717) is 19.4 Å². The van der Waals surface area contributed by atoms with E-state index in [4.69, 9.17) is 5.11 Å². The van der Waals surface area contributed by atoms with Crippen molar-refractivity contribution in [3.63, 3.8) is 0 Å². The van der Waals surface area contributed by atoms with Crippen LogP contribution in [0.25, 0.3) is 0 Å². The standard InChI is InChI=1S/C17H22F2N2O3/c1-10(2)15(13-6-5-12(18)8-14(13)19)20-17(24)21-7-3-4-11(9-21)16(22)23/h5-6,8,10-11,15H,3-4,7,9H2,1-2H3,(H,20,24)(H,22,23). The van der Waals surface area contributed by atoms with Gasteiger partial charge in [0.1, 0.15) is 11.6 Å². The Hall–Kier alpha value is -2.18. The summed E-state index contributed by atoms with van der Waals surface area (Å²) < 4.78 is 27.1. The molecule has 1 aromatic carbocycles. The van der Waals surface area contributed by atoms with Gasteiger partial charge in [-0.05, 0) is 24.8 Å². The number of piperidine rings is 1. The van der Waals surface area contributed by atoms with Gasteiger partial charge in [-0.2, -0.15) is 0 Å². The molecule has 2 amide bonds. The van der Waals surface area contributed by atoms with Gasteiger partial charge in [0.25, 0.3) is 0 Å². The molecule has 2 N–H and O–H groups in total. The summed E-state index contributed by atoms with van der Waals surface area (Å²) in [4.78, 5) is 25.0. The minimum atomic E-state index is -0.919. The smallest absolute Gasteiger partial charge is 0.317 e. The second-order valence-electron chi connectivity index (χ2n) is 6.46. The molecule has 132 valence electrons. The second-order valence-corrected chi connectivity index (χ2v) is 6.46. The quantitative estimate of drug-likeness (QED) is 0.884. The number of aliphatic carboxylic acids is 1. The first-order valence-electron chi connectivity index (χ1n) is 8.02. The van der Waals surface area contributed by atoms with Crippen molar-refractivity contribution in [2.24, 2.45) is 11.8 Å². The van der Waals surface area contributed by atoms with Crippen LogP contribution in [0.2, 0.25) is 0 Å². The lowest BCUT2D eigenvalue weighted by Crippen LogP contribution is -2.48. The van der Waals surface area contributed by atoms with E-state index >= 15 is 0 Å². The third-order valence-corrected chi connectivity index (χ3v) is 4.30. The van der Waals surface area contributed by atoms with Gasteiger partial charge >= 0.3 is 12.0 Å². The number of carboxylic acid groups (broad SMARTS) is 1. The van der Waals surface area contributed by atoms with Crippen molar-refractivity contribution in [2.45, 2.75) is 32.7 Å². The number of nitrogens with zero attached hydrogens (tertiary/aromatic N) is 1. The Balaban J connectivity index is 2.12. The van der Waals surface area contributed by atoms with Gasteiger partial charge in [0.15, 0.2) is 0 Å². The van der Waals surface area contributed by atoms with Crippen LogP contribution in [0.15, 0.2) is 18.2 Å². The van der Waals surface area contributed by atoms with Gasteiger partial charge in [-0.3, -0.25) is 4.79 Å². The molecule has 2 atom stereocenters. The predicted molar refractivity (Wildman–Crippen MR) is 84.4 cm³/mol. The summed E-state index contributed by atoms with van der Waals surface area (Å²) in [6.07, 6.45) is 1.15. The van der Waals surface area contributed by atoms with E-state index in [1.165, 1.54) is 11.0 Å². The largest absolute Gasteiger partial charge is 0.481 e. The molecular weight excluding hydrogens is 318 g/mol. The molecule has 0 spiro atoms. The summed E-state index contributed by atoms with van der Waals surface area (Å²) >= 11 is 0. The van der Waals surface area contributed by atoms with Gasteiger partial charge in [-0.15, -0.1) is 0 Å². The first kappa shape index (κ1) is 18.2. The lowest BCUT2D eigenvalue weighted by Gasteiger charge is -2.33. The van der Waals surface area contributed by atoms with E-state index < -0.39 is 35.6 Å². The molecule has 1 heterocycles. The first-order valence-corrected chi connectivity index (χ1v) is 8.02. The van der Waals surface area contributed by atoms with Crippen LogP contribution in [-0.4, -0.2) is 35.1 Å². The number of halogens is 2. The van der Waals surface area contributed by atoms with E-state index in [-0.39, 0.29) is 18.0 Å². The Labute approximate surface area is 139 Å². The van der Waals surface area contributed by atoms with E-state index in [9.17, 15) is 18.4 Å². The number of hydrogen-bond acceptors (Lipinski definition) is 2. The molecule has 0 aromatic heterocycles. The molecular formula is C17H22F2N2O3. The normalized spacial score (nSPS) is 19.2. The molecule has 1 aliphatic rings. The number of urea groups is 1. The topological polar surface area (TPSA) is 69.6 Å². The lowest BCUT2D eigenvalue weighted by atomic mass is 9.95. The number of carbonyl (C=O) groups is 2. The Morgan fingerprint density at radius 2 is 2.04 bits per heavy atom. The summed E-state index contributed by atoms with van der Waals surface area (Å²) in [5.74, 6) is -3.00. The van der Waals surface area contributed by atoms with Gasteiger partial charge < -0.3 is 15.3 Å². The van der Waals surface area contributed by atoms with Crippen molar-refractivity contribution >= 4 is 12.0 Å². The van der Waals surface area contributed by atoms with Crippen molar-refractivity contribution in [3.05, 3.63) is 35.4 Å². The van der Waals surface area contributed by atoms with E-state index in [1.54, 1.807) is 0 Å². The fourth-order valence-corrected chi connectivity index (χ4v) is 2.94. The van der Waals surface area contributed by atoms with Crippen LogP contribution >= 0.6 is 0 Å². The SMILES string of the molecule is CC(C)C(NC(=O)N1CCCC(C(=O)O)C1)c1ccc(F)cc1F. The molecule has 2 rings (SSSR count). The third kappa shape index (κ3) is 4.21. The lowest BCUT2D eigenvalue weighted by molar-refractivity contribution is -0.143. The molecule has 0 aliphatic carbocycles. The maximum absolute atomic E-state index is 14.0. The number of amides is 2. The van der Waals surface area contributed by atoms with Crippen molar-refractivity contribution < 1.29 is 23.5 Å². The molecule has 1 fully saturated rings. The molecule has 0 radical (unpaired) electrons. The average Bonchev–Trinajstić information content (AvgIpc) is 2.53. The highest BCUT2D eigenvalue weighted by Gasteiger charge is 2.30. The average molecular weight is 340 g/mol. The maximum Gasteiger partial charge on any atom is 0.317 e. The first-order chi connectivity index (χ1) is 11.3. The predicted octanol–water partition coefficient (Wildman–Crippen LogP) is 3.17. The molecule has 7 heteroatoms. The highest BCUT2D eigenvalue weighted by molar-refractivity contribution is 5.77. The van der Waals surface area contributed by atoms with Crippen LogP contribution in [0.5, 0.6) is 0 Å². The molecule has 2 unspecified atom stereocenters. The van der Waals surface area contributed by atoms with Crippen LogP contribution in [0, 0.1) is 23.5 Å². The number of nitrogens with one attached hydrogen (secondary N) is 1. The molecule has 0 saturated carbocycles.